The summed E-state index contributed by atoms with van der Waals surface area (Å²) >= 11 is 1.40. The second-order valence-electron chi connectivity index (χ2n) is 5.96. The normalized spacial score (nSPS) is 11.1. The summed E-state index contributed by atoms with van der Waals surface area (Å²) in [5, 5.41) is 18.0. The molecule has 0 spiro atoms. The molecule has 28 heavy (non-hydrogen) atoms. The van der Waals surface area contributed by atoms with Crippen LogP contribution in [-0.4, -0.2) is 36.9 Å². The topological polar surface area (TPSA) is 87.7 Å². The van der Waals surface area contributed by atoms with Gasteiger partial charge in [-0.2, -0.15) is 4.68 Å². The van der Waals surface area contributed by atoms with Crippen LogP contribution in [0.15, 0.2) is 58.5 Å². The summed E-state index contributed by atoms with van der Waals surface area (Å²) in [6.45, 7) is 2.73. The summed E-state index contributed by atoms with van der Waals surface area (Å²) in [5.41, 5.74) is 1.37. The average Bonchev–Trinajstić information content (AvgIpc) is 3.16. The lowest BCUT2D eigenvalue weighted by Crippen LogP contribution is -2.23. The number of benzene rings is 2. The van der Waals surface area contributed by atoms with Crippen LogP contribution >= 0.6 is 11.8 Å². The fourth-order valence-corrected chi connectivity index (χ4v) is 3.74. The maximum atomic E-state index is 12.6. The summed E-state index contributed by atoms with van der Waals surface area (Å²) in [4.78, 5) is 12.6. The van der Waals surface area contributed by atoms with Crippen LogP contribution in [0.25, 0.3) is 22.3 Å². The second-order valence-corrected chi connectivity index (χ2v) is 6.88. The van der Waals surface area contributed by atoms with Gasteiger partial charge in [0.05, 0.1) is 18.4 Å². The van der Waals surface area contributed by atoms with Gasteiger partial charge in [0, 0.05) is 12.1 Å². The van der Waals surface area contributed by atoms with E-state index in [2.05, 4.69) is 20.5 Å². The van der Waals surface area contributed by atoms with E-state index in [0.717, 1.165) is 22.3 Å². The Labute approximate surface area is 165 Å². The van der Waals surface area contributed by atoms with Gasteiger partial charge in [-0.05, 0) is 43.3 Å². The molecule has 4 aromatic rings. The minimum Gasteiger partial charge on any atom is -0.497 e. The van der Waals surface area contributed by atoms with Crippen molar-refractivity contribution in [1.29, 1.82) is 0 Å². The van der Waals surface area contributed by atoms with Crippen LogP contribution in [0, 0.1) is 0 Å². The average molecular weight is 394 g/mol. The quantitative estimate of drug-likeness (QED) is 0.465. The minimum absolute atomic E-state index is 0.170. The van der Waals surface area contributed by atoms with Crippen LogP contribution in [0.2, 0.25) is 0 Å². The largest absolute Gasteiger partial charge is 0.497 e. The van der Waals surface area contributed by atoms with Crippen molar-refractivity contribution in [2.45, 2.75) is 24.5 Å². The number of rotatable bonds is 6. The molecule has 0 amide bonds. The molecular weight excluding hydrogens is 376 g/mol. The van der Waals surface area contributed by atoms with Crippen LogP contribution in [0.4, 0.5) is 0 Å². The summed E-state index contributed by atoms with van der Waals surface area (Å²) in [6.07, 6.45) is 0. The summed E-state index contributed by atoms with van der Waals surface area (Å²) < 4.78 is 8.55. The van der Waals surface area contributed by atoms with Gasteiger partial charge >= 0.3 is 0 Å². The molecule has 0 N–H and O–H groups in total. The number of aromatic nitrogens is 6. The number of ether oxygens (including phenoxy) is 1. The van der Waals surface area contributed by atoms with Crippen molar-refractivity contribution in [3.05, 3.63) is 58.9 Å². The first-order valence-electron chi connectivity index (χ1n) is 8.74. The molecule has 4 rings (SSSR count). The van der Waals surface area contributed by atoms with Crippen LogP contribution in [0.5, 0.6) is 5.75 Å². The van der Waals surface area contributed by atoms with Crippen LogP contribution < -0.4 is 10.3 Å². The highest BCUT2D eigenvalue weighted by Crippen LogP contribution is 2.26. The molecular formula is C19H18N6O2S. The summed E-state index contributed by atoms with van der Waals surface area (Å²) in [6, 6.07) is 14.9. The number of methoxy groups -OCH3 is 1. The van der Waals surface area contributed by atoms with Crippen LogP contribution in [0.1, 0.15) is 6.92 Å². The highest BCUT2D eigenvalue weighted by molar-refractivity contribution is 7.98. The lowest BCUT2D eigenvalue weighted by Gasteiger charge is -2.08. The third kappa shape index (κ3) is 3.36. The Morgan fingerprint density at radius 3 is 2.57 bits per heavy atom. The molecule has 2 aromatic heterocycles. The fraction of sp³-hybridized carbons (Fsp3) is 0.211. The minimum atomic E-state index is -0.170. The van der Waals surface area contributed by atoms with Crippen molar-refractivity contribution in [3.8, 4) is 17.1 Å². The third-order valence-corrected chi connectivity index (χ3v) is 5.26. The Balaban J connectivity index is 1.60. The molecule has 0 atom stereocenters. The lowest BCUT2D eigenvalue weighted by atomic mass is 10.2. The smallest absolute Gasteiger partial charge is 0.278 e. The molecule has 142 valence electrons. The number of thioether (sulfide) groups is 1. The first-order valence-corrected chi connectivity index (χ1v) is 9.72. The maximum Gasteiger partial charge on any atom is 0.278 e. The Morgan fingerprint density at radius 1 is 1.04 bits per heavy atom. The van der Waals surface area contributed by atoms with Gasteiger partial charge in [0.2, 0.25) is 0 Å². The van der Waals surface area contributed by atoms with Crippen LogP contribution in [0.3, 0.4) is 0 Å². The van der Waals surface area contributed by atoms with Gasteiger partial charge in [-0.3, -0.25) is 4.79 Å². The molecule has 2 heterocycles. The van der Waals surface area contributed by atoms with E-state index in [9.17, 15) is 4.79 Å². The number of hydrogen-bond acceptors (Lipinski definition) is 7. The molecule has 0 saturated carbocycles. The van der Waals surface area contributed by atoms with Crippen molar-refractivity contribution in [2.24, 2.45) is 0 Å². The number of nitrogens with zero attached hydrogens (tertiary/aromatic N) is 6. The standard InChI is InChI=1S/C19H18N6O2S/c1-3-24-17(13-8-10-14(27-2)11-9-13)21-22-19(24)28-12-25-18(26)15-6-4-5-7-16(15)20-23-25/h4-11H,3,12H2,1-2H3. The Hall–Kier alpha value is -3.20. The van der Waals surface area contributed by atoms with Gasteiger partial charge in [0.1, 0.15) is 11.3 Å². The molecule has 0 bridgehead atoms. The highest BCUT2D eigenvalue weighted by Gasteiger charge is 2.14. The molecule has 2 aromatic carbocycles. The zero-order valence-corrected chi connectivity index (χ0v) is 16.3. The van der Waals surface area contributed by atoms with Gasteiger partial charge in [0.25, 0.3) is 5.56 Å². The van der Waals surface area contributed by atoms with Crippen molar-refractivity contribution < 1.29 is 4.74 Å². The molecule has 8 nitrogen and oxygen atoms in total. The van der Waals surface area contributed by atoms with E-state index >= 15 is 0 Å². The maximum absolute atomic E-state index is 12.6. The number of hydrogen-bond donors (Lipinski definition) is 0. The predicted molar refractivity (Wildman–Crippen MR) is 107 cm³/mol. The van der Waals surface area contributed by atoms with Crippen molar-refractivity contribution in [3.63, 3.8) is 0 Å². The molecule has 0 fully saturated rings. The number of fused-ring (bicyclic) bond motifs is 1. The molecule has 0 aliphatic rings. The van der Waals surface area contributed by atoms with Gasteiger partial charge in [0.15, 0.2) is 11.0 Å². The molecule has 0 unspecified atom stereocenters. The first kappa shape index (κ1) is 18.2. The van der Waals surface area contributed by atoms with Crippen LogP contribution in [-0.2, 0) is 12.4 Å². The SMILES string of the molecule is CCn1c(SCn2nnc3ccccc3c2=O)nnc1-c1ccc(OC)cc1. The predicted octanol–water partition coefficient (Wildman–Crippen LogP) is 2.83. The molecule has 0 radical (unpaired) electrons. The fourth-order valence-electron chi connectivity index (χ4n) is 2.86. The summed E-state index contributed by atoms with van der Waals surface area (Å²) in [7, 11) is 1.63. The van der Waals surface area contributed by atoms with Crippen molar-refractivity contribution in [1.82, 2.24) is 29.8 Å². The molecule has 0 aliphatic heterocycles. The van der Waals surface area contributed by atoms with E-state index in [0.29, 0.717) is 23.3 Å². The van der Waals surface area contributed by atoms with Crippen molar-refractivity contribution >= 4 is 22.7 Å². The van der Waals surface area contributed by atoms with Gasteiger partial charge < -0.3 is 9.30 Å². The third-order valence-electron chi connectivity index (χ3n) is 4.33. The lowest BCUT2D eigenvalue weighted by molar-refractivity contribution is 0.415. The van der Waals surface area contributed by atoms with Gasteiger partial charge in [-0.25, -0.2) is 0 Å². The zero-order chi connectivity index (χ0) is 19.5. The van der Waals surface area contributed by atoms with E-state index in [4.69, 9.17) is 4.74 Å². The molecule has 9 heteroatoms. The highest BCUT2D eigenvalue weighted by atomic mass is 32.2. The van der Waals surface area contributed by atoms with E-state index in [1.54, 1.807) is 19.2 Å². The van der Waals surface area contributed by atoms with E-state index < -0.39 is 0 Å². The van der Waals surface area contributed by atoms with E-state index in [1.807, 2.05) is 47.9 Å². The van der Waals surface area contributed by atoms with Gasteiger partial charge in [-0.1, -0.05) is 29.1 Å². The van der Waals surface area contributed by atoms with Crippen molar-refractivity contribution in [2.75, 3.05) is 7.11 Å². The molecule has 0 saturated heterocycles. The Bertz CT molecular complexity index is 1170. The first-order chi connectivity index (χ1) is 13.7. The zero-order valence-electron chi connectivity index (χ0n) is 15.4. The molecule has 0 aliphatic carbocycles. The Kier molecular flexibility index (Phi) is 5.07. The monoisotopic (exact) mass is 394 g/mol. The second kappa shape index (κ2) is 7.81. The van der Waals surface area contributed by atoms with E-state index in [1.165, 1.54) is 16.4 Å². The van der Waals surface area contributed by atoms with Gasteiger partial charge in [-0.15, -0.1) is 15.3 Å². The summed E-state index contributed by atoms with van der Waals surface area (Å²) in [5.74, 6) is 1.86. The Morgan fingerprint density at radius 2 is 1.82 bits per heavy atom. The van der Waals surface area contributed by atoms with E-state index in [-0.39, 0.29) is 5.56 Å².